The minimum absolute atomic E-state index is 0.219. The molecule has 0 aromatic carbocycles. The molecule has 4 N–H and O–H groups in total. The van der Waals surface area contributed by atoms with Crippen LogP contribution in [0.15, 0.2) is 9.59 Å². The maximum absolute atomic E-state index is 11.6. The number of nitrogens with two attached hydrogens (primary N) is 1. The normalized spacial score (nSPS) is 14.9. The SMILES string of the molecule is CCn1c(N)c(NCCC2CC2)c(=O)[nH]c1=O. The van der Waals surface area contributed by atoms with E-state index in [1.807, 2.05) is 6.92 Å². The molecule has 0 spiro atoms. The monoisotopic (exact) mass is 238 g/mol. The molecule has 1 saturated carbocycles. The van der Waals surface area contributed by atoms with Gasteiger partial charge < -0.3 is 11.1 Å². The summed E-state index contributed by atoms with van der Waals surface area (Å²) in [6, 6.07) is 0. The molecule has 0 atom stereocenters. The third kappa shape index (κ3) is 2.51. The minimum atomic E-state index is -0.456. The first-order chi connectivity index (χ1) is 8.13. The standard InChI is InChI=1S/C11H18N4O2/c1-2-15-9(12)8(10(16)14-11(15)17)13-6-5-7-3-4-7/h7,13H,2-6,12H2,1H3,(H,14,16,17). The van der Waals surface area contributed by atoms with Crippen molar-refractivity contribution in [1.82, 2.24) is 9.55 Å². The summed E-state index contributed by atoms with van der Waals surface area (Å²) >= 11 is 0. The number of aromatic nitrogens is 2. The second kappa shape index (κ2) is 4.65. The van der Waals surface area contributed by atoms with Gasteiger partial charge >= 0.3 is 5.69 Å². The van der Waals surface area contributed by atoms with Gasteiger partial charge in [0.1, 0.15) is 11.5 Å². The number of hydrogen-bond donors (Lipinski definition) is 3. The molecule has 0 radical (unpaired) electrons. The lowest BCUT2D eigenvalue weighted by molar-refractivity contribution is 0.703. The van der Waals surface area contributed by atoms with E-state index in [0.29, 0.717) is 12.2 Å². The third-order valence-electron chi connectivity index (χ3n) is 3.11. The smallest absolute Gasteiger partial charge is 0.330 e. The fourth-order valence-corrected chi connectivity index (χ4v) is 1.88. The molecule has 0 amide bonds. The summed E-state index contributed by atoms with van der Waals surface area (Å²) in [5.74, 6) is 1.01. The molecule has 0 unspecified atom stereocenters. The zero-order valence-electron chi connectivity index (χ0n) is 9.95. The van der Waals surface area contributed by atoms with Crippen molar-refractivity contribution in [3.05, 3.63) is 20.8 Å². The maximum atomic E-state index is 11.6. The van der Waals surface area contributed by atoms with Crippen LogP contribution in [0.25, 0.3) is 0 Å². The van der Waals surface area contributed by atoms with E-state index in [0.717, 1.165) is 18.9 Å². The van der Waals surface area contributed by atoms with Crippen molar-refractivity contribution in [3.63, 3.8) is 0 Å². The Kier molecular flexibility index (Phi) is 3.21. The van der Waals surface area contributed by atoms with E-state index in [4.69, 9.17) is 5.73 Å². The van der Waals surface area contributed by atoms with E-state index in [1.165, 1.54) is 17.4 Å². The van der Waals surface area contributed by atoms with Gasteiger partial charge in [0.25, 0.3) is 5.56 Å². The van der Waals surface area contributed by atoms with Gasteiger partial charge in [-0.05, 0) is 19.3 Å². The lowest BCUT2D eigenvalue weighted by atomic mass is 10.3. The van der Waals surface area contributed by atoms with Gasteiger partial charge in [0.05, 0.1) is 0 Å². The Hall–Kier alpha value is -1.72. The first-order valence-corrected chi connectivity index (χ1v) is 6.00. The van der Waals surface area contributed by atoms with E-state index in [1.54, 1.807) is 0 Å². The molecule has 94 valence electrons. The third-order valence-corrected chi connectivity index (χ3v) is 3.11. The number of anilines is 2. The van der Waals surface area contributed by atoms with Crippen LogP contribution in [0.2, 0.25) is 0 Å². The highest BCUT2D eigenvalue weighted by Gasteiger charge is 2.20. The number of aromatic amines is 1. The van der Waals surface area contributed by atoms with Crippen LogP contribution in [0.1, 0.15) is 26.2 Å². The van der Waals surface area contributed by atoms with E-state index < -0.39 is 11.2 Å². The molecule has 0 aliphatic heterocycles. The first-order valence-electron chi connectivity index (χ1n) is 6.00. The van der Waals surface area contributed by atoms with Gasteiger partial charge in [0.2, 0.25) is 0 Å². The highest BCUT2D eigenvalue weighted by atomic mass is 16.2. The maximum Gasteiger partial charge on any atom is 0.330 e. The Morgan fingerprint density at radius 2 is 2.18 bits per heavy atom. The molecule has 1 heterocycles. The van der Waals surface area contributed by atoms with Crippen LogP contribution in [0.3, 0.4) is 0 Å². The quantitative estimate of drug-likeness (QED) is 0.690. The van der Waals surface area contributed by atoms with E-state index in [2.05, 4.69) is 10.3 Å². The van der Waals surface area contributed by atoms with E-state index >= 15 is 0 Å². The van der Waals surface area contributed by atoms with Crippen molar-refractivity contribution in [2.45, 2.75) is 32.7 Å². The van der Waals surface area contributed by atoms with Gasteiger partial charge in [-0.1, -0.05) is 12.8 Å². The lowest BCUT2D eigenvalue weighted by Gasteiger charge is -2.12. The molecule has 17 heavy (non-hydrogen) atoms. The number of nitrogen functional groups attached to an aromatic ring is 1. The molecule has 0 bridgehead atoms. The van der Waals surface area contributed by atoms with Gasteiger partial charge in [0.15, 0.2) is 0 Å². The molecule has 2 rings (SSSR count). The summed E-state index contributed by atoms with van der Waals surface area (Å²) in [6.45, 7) is 2.97. The molecule has 1 aromatic rings. The van der Waals surface area contributed by atoms with Gasteiger partial charge in [0, 0.05) is 13.1 Å². The van der Waals surface area contributed by atoms with Gasteiger partial charge in [-0.3, -0.25) is 14.3 Å². The van der Waals surface area contributed by atoms with Gasteiger partial charge in [-0.2, -0.15) is 0 Å². The molecular weight excluding hydrogens is 220 g/mol. The summed E-state index contributed by atoms with van der Waals surface area (Å²) in [5.41, 5.74) is 5.23. The predicted octanol–water partition coefficient (Wildman–Crippen LogP) is 0.351. The van der Waals surface area contributed by atoms with Crippen LogP contribution in [-0.2, 0) is 6.54 Å². The number of nitrogens with zero attached hydrogens (tertiary/aromatic N) is 1. The first kappa shape index (κ1) is 11.8. The summed E-state index contributed by atoms with van der Waals surface area (Å²) in [7, 11) is 0. The van der Waals surface area contributed by atoms with Gasteiger partial charge in [-0.15, -0.1) is 0 Å². The lowest BCUT2D eigenvalue weighted by Crippen LogP contribution is -2.33. The molecule has 0 saturated heterocycles. The molecule has 1 aliphatic rings. The highest BCUT2D eigenvalue weighted by molar-refractivity contribution is 5.60. The Morgan fingerprint density at radius 3 is 2.76 bits per heavy atom. The Bertz CT molecular complexity index is 513. The number of hydrogen-bond acceptors (Lipinski definition) is 4. The Balaban J connectivity index is 2.19. The summed E-state index contributed by atoms with van der Waals surface area (Å²) in [6.07, 6.45) is 3.61. The highest BCUT2D eigenvalue weighted by Crippen LogP contribution is 2.32. The molecule has 1 fully saturated rings. The average molecular weight is 238 g/mol. The van der Waals surface area contributed by atoms with Crippen LogP contribution in [0, 0.1) is 5.92 Å². The van der Waals surface area contributed by atoms with Crippen LogP contribution in [-0.4, -0.2) is 16.1 Å². The molecule has 1 aliphatic carbocycles. The average Bonchev–Trinajstić information content (AvgIpc) is 3.07. The molecule has 6 heteroatoms. The van der Waals surface area contributed by atoms with Crippen molar-refractivity contribution in [1.29, 1.82) is 0 Å². The number of rotatable bonds is 5. The van der Waals surface area contributed by atoms with Crippen LogP contribution in [0.5, 0.6) is 0 Å². The van der Waals surface area contributed by atoms with Crippen molar-refractivity contribution in [3.8, 4) is 0 Å². The number of H-pyrrole nitrogens is 1. The largest absolute Gasteiger partial charge is 0.383 e. The Labute approximate surface area is 98.8 Å². The van der Waals surface area contributed by atoms with E-state index in [-0.39, 0.29) is 5.82 Å². The molecular formula is C11H18N4O2. The number of nitrogens with one attached hydrogen (secondary N) is 2. The van der Waals surface area contributed by atoms with Crippen LogP contribution >= 0.6 is 0 Å². The van der Waals surface area contributed by atoms with Gasteiger partial charge in [-0.25, -0.2) is 4.79 Å². The summed E-state index contributed by atoms with van der Waals surface area (Å²) < 4.78 is 1.35. The second-order valence-electron chi connectivity index (χ2n) is 4.42. The summed E-state index contributed by atoms with van der Waals surface area (Å²) in [4.78, 5) is 25.3. The van der Waals surface area contributed by atoms with E-state index in [9.17, 15) is 9.59 Å². The molecule has 6 nitrogen and oxygen atoms in total. The zero-order chi connectivity index (χ0) is 12.4. The zero-order valence-corrected chi connectivity index (χ0v) is 9.95. The second-order valence-corrected chi connectivity index (χ2v) is 4.42. The van der Waals surface area contributed by atoms with Crippen molar-refractivity contribution < 1.29 is 0 Å². The van der Waals surface area contributed by atoms with Crippen molar-refractivity contribution >= 4 is 11.5 Å². The summed E-state index contributed by atoms with van der Waals surface area (Å²) in [5, 5.41) is 3.03. The predicted molar refractivity (Wildman–Crippen MR) is 67.2 cm³/mol. The topological polar surface area (TPSA) is 92.9 Å². The Morgan fingerprint density at radius 1 is 1.47 bits per heavy atom. The van der Waals surface area contributed by atoms with Crippen molar-refractivity contribution in [2.24, 2.45) is 5.92 Å². The fourth-order valence-electron chi connectivity index (χ4n) is 1.88. The van der Waals surface area contributed by atoms with Crippen LogP contribution < -0.4 is 22.3 Å². The molecule has 1 aromatic heterocycles. The fraction of sp³-hybridized carbons (Fsp3) is 0.636. The van der Waals surface area contributed by atoms with Crippen molar-refractivity contribution in [2.75, 3.05) is 17.6 Å². The minimum Gasteiger partial charge on any atom is -0.383 e. The van der Waals surface area contributed by atoms with Crippen LogP contribution in [0.4, 0.5) is 11.5 Å².